The van der Waals surface area contributed by atoms with Crippen molar-refractivity contribution in [3.63, 3.8) is 0 Å². The number of carbonyl (C=O) groups is 4. The smallest absolute Gasteiger partial charge is 0.322 e. The third-order valence-corrected chi connectivity index (χ3v) is 4.87. The number of aliphatic carboxylic acids is 1. The van der Waals surface area contributed by atoms with Gasteiger partial charge in [-0.15, -0.1) is 0 Å². The molecule has 15 nitrogen and oxygen atoms in total. The summed E-state index contributed by atoms with van der Waals surface area (Å²) < 4.78 is 5.07. The van der Waals surface area contributed by atoms with Crippen LogP contribution in [0.25, 0.3) is 0 Å². The molecule has 15 heteroatoms. The first-order chi connectivity index (χ1) is 17.4. The van der Waals surface area contributed by atoms with Crippen LogP contribution in [0.1, 0.15) is 43.5 Å². The Morgan fingerprint density at radius 1 is 1.11 bits per heavy atom. The van der Waals surface area contributed by atoms with Gasteiger partial charge in [0.25, 0.3) is 11.9 Å². The Kier molecular flexibility index (Phi) is 12.9. The van der Waals surface area contributed by atoms with Crippen LogP contribution < -0.4 is 31.8 Å². The lowest BCUT2D eigenvalue weighted by Crippen LogP contribution is -2.54. The largest absolute Gasteiger partial charge is 0.497 e. The van der Waals surface area contributed by atoms with E-state index in [1.807, 2.05) is 13.8 Å². The van der Waals surface area contributed by atoms with Crippen LogP contribution in [-0.2, 0) is 14.4 Å². The number of hydrogen-bond donors (Lipinski definition) is 6. The highest BCUT2D eigenvalue weighted by molar-refractivity contribution is 5.98. The molecule has 1 aromatic carbocycles. The van der Waals surface area contributed by atoms with Crippen LogP contribution >= 0.6 is 0 Å². The van der Waals surface area contributed by atoms with E-state index in [4.69, 9.17) is 15.6 Å². The molecule has 0 aliphatic carbocycles. The van der Waals surface area contributed by atoms with Gasteiger partial charge in [0.15, 0.2) is 5.03 Å². The quantitative estimate of drug-likeness (QED) is 0.0562. The molecule has 0 spiro atoms. The van der Waals surface area contributed by atoms with E-state index in [9.17, 15) is 29.3 Å². The van der Waals surface area contributed by atoms with Crippen LogP contribution in [0.4, 0.5) is 0 Å². The van der Waals surface area contributed by atoms with E-state index in [2.05, 4.69) is 20.9 Å². The fourth-order valence-electron chi connectivity index (χ4n) is 3.14. The van der Waals surface area contributed by atoms with Crippen molar-refractivity contribution in [2.24, 2.45) is 16.6 Å². The van der Waals surface area contributed by atoms with Crippen LogP contribution in [0.5, 0.6) is 5.75 Å². The molecule has 0 saturated heterocycles. The van der Waals surface area contributed by atoms with Gasteiger partial charge in [0.2, 0.25) is 11.8 Å². The topological polar surface area (TPSA) is 227 Å². The standard InChI is InChI=1S/C22H33N7O8/c1-13(2)11-17(20(33)25-12-18(30)31)27-21(34)16(5-4-10-24-22(23)28-29(35)36)26-19(32)14-6-8-15(37-3)9-7-14/h6-9,13,16-17H,4-5,10-12H2,1-3H3,(H,25,33)(H,26,32)(H,27,34)(H,30,31)(H3,23,24,28)/t16-,17-/m0/s1. The molecule has 0 aliphatic heterocycles. The second kappa shape index (κ2) is 15.5. The van der Waals surface area contributed by atoms with Crippen molar-refractivity contribution < 1.29 is 34.1 Å². The third kappa shape index (κ3) is 12.2. The number of carboxylic acid groups (broad SMARTS) is 1. The van der Waals surface area contributed by atoms with Gasteiger partial charge in [0.05, 0.1) is 7.11 Å². The molecule has 0 saturated carbocycles. The van der Waals surface area contributed by atoms with Crippen LogP contribution in [0.3, 0.4) is 0 Å². The Labute approximate surface area is 213 Å². The Hall–Kier alpha value is -4.43. The number of benzene rings is 1. The number of nitrogens with one attached hydrogen (secondary N) is 4. The Morgan fingerprint density at radius 2 is 1.76 bits per heavy atom. The highest BCUT2D eigenvalue weighted by Crippen LogP contribution is 2.12. The zero-order valence-electron chi connectivity index (χ0n) is 20.9. The number of rotatable bonds is 15. The number of hydrazine groups is 1. The minimum absolute atomic E-state index is 0.0142. The van der Waals surface area contributed by atoms with Crippen molar-refractivity contribution >= 4 is 29.7 Å². The van der Waals surface area contributed by atoms with Crippen molar-refractivity contribution in [1.29, 1.82) is 0 Å². The van der Waals surface area contributed by atoms with Crippen LogP contribution in [0, 0.1) is 16.0 Å². The van der Waals surface area contributed by atoms with Crippen molar-refractivity contribution in [2.45, 2.75) is 45.2 Å². The van der Waals surface area contributed by atoms with Crippen LogP contribution in [-0.4, -0.2) is 72.1 Å². The third-order valence-electron chi connectivity index (χ3n) is 4.87. The summed E-state index contributed by atoms with van der Waals surface area (Å²) >= 11 is 0. The average Bonchev–Trinajstić information content (AvgIpc) is 2.82. The number of carboxylic acids is 1. The van der Waals surface area contributed by atoms with E-state index in [-0.39, 0.29) is 37.3 Å². The van der Waals surface area contributed by atoms with Gasteiger partial charge in [0.1, 0.15) is 24.4 Å². The summed E-state index contributed by atoms with van der Waals surface area (Å²) in [6.07, 6.45) is 0.499. The Balaban J connectivity index is 3.00. The van der Waals surface area contributed by atoms with Crippen molar-refractivity contribution in [2.75, 3.05) is 20.2 Å². The van der Waals surface area contributed by atoms with Gasteiger partial charge in [-0.3, -0.25) is 19.2 Å². The predicted octanol–water partition coefficient (Wildman–Crippen LogP) is -0.598. The minimum Gasteiger partial charge on any atom is -0.497 e. The lowest BCUT2D eigenvalue weighted by atomic mass is 10.0. The number of ether oxygens (including phenoxy) is 1. The second-order valence-corrected chi connectivity index (χ2v) is 8.33. The molecule has 0 unspecified atom stereocenters. The molecule has 1 rings (SSSR count). The summed E-state index contributed by atoms with van der Waals surface area (Å²) in [5.74, 6) is -3.03. The van der Waals surface area contributed by atoms with E-state index >= 15 is 0 Å². The molecule has 0 heterocycles. The maximum absolute atomic E-state index is 13.1. The number of amides is 3. The van der Waals surface area contributed by atoms with Crippen molar-refractivity contribution in [1.82, 2.24) is 21.4 Å². The molecule has 0 radical (unpaired) electrons. The fraction of sp³-hybridized carbons (Fsp3) is 0.500. The molecule has 0 aliphatic rings. The van der Waals surface area contributed by atoms with Gasteiger partial charge in [-0.05, 0) is 49.4 Å². The number of guanidine groups is 1. The number of nitro groups is 1. The molecule has 37 heavy (non-hydrogen) atoms. The summed E-state index contributed by atoms with van der Waals surface area (Å²) in [5, 5.41) is 25.8. The van der Waals surface area contributed by atoms with Crippen molar-refractivity contribution in [3.8, 4) is 5.75 Å². The van der Waals surface area contributed by atoms with Crippen LogP contribution in [0.2, 0.25) is 0 Å². The Morgan fingerprint density at radius 3 is 2.30 bits per heavy atom. The van der Waals surface area contributed by atoms with Gasteiger partial charge in [-0.25, -0.2) is 15.1 Å². The summed E-state index contributed by atoms with van der Waals surface area (Å²) in [5.41, 5.74) is 7.33. The molecular formula is C22H33N7O8. The molecular weight excluding hydrogens is 490 g/mol. The van der Waals surface area contributed by atoms with E-state index in [1.54, 1.807) is 17.6 Å². The molecule has 0 fully saturated rings. The number of methoxy groups -OCH3 is 1. The minimum atomic E-state index is -1.24. The van der Waals surface area contributed by atoms with Gasteiger partial charge in [0, 0.05) is 12.1 Å². The van der Waals surface area contributed by atoms with E-state index in [0.717, 1.165) is 0 Å². The summed E-state index contributed by atoms with van der Waals surface area (Å²) in [7, 11) is 1.48. The number of nitrogens with zero attached hydrogens (tertiary/aromatic N) is 2. The van der Waals surface area contributed by atoms with Crippen LogP contribution in [0.15, 0.2) is 29.3 Å². The Bertz CT molecular complexity index is 982. The van der Waals surface area contributed by atoms with Gasteiger partial charge < -0.3 is 31.5 Å². The highest BCUT2D eigenvalue weighted by Gasteiger charge is 2.27. The van der Waals surface area contributed by atoms with Crippen molar-refractivity contribution in [3.05, 3.63) is 39.9 Å². The fourth-order valence-corrected chi connectivity index (χ4v) is 3.14. The molecule has 3 amide bonds. The van der Waals surface area contributed by atoms with Gasteiger partial charge in [-0.2, -0.15) is 0 Å². The molecule has 7 N–H and O–H groups in total. The second-order valence-electron chi connectivity index (χ2n) is 8.33. The normalized spacial score (nSPS) is 12.7. The number of carbonyl (C=O) groups excluding carboxylic acids is 3. The summed E-state index contributed by atoms with van der Waals surface area (Å²) in [4.78, 5) is 63.4. The lowest BCUT2D eigenvalue weighted by molar-refractivity contribution is -0.525. The number of aliphatic imine (C=N–C) groups is 1. The summed E-state index contributed by atoms with van der Waals surface area (Å²) in [6.45, 7) is 3.06. The van der Waals surface area contributed by atoms with Gasteiger partial charge >= 0.3 is 5.97 Å². The monoisotopic (exact) mass is 523 g/mol. The first-order valence-corrected chi connectivity index (χ1v) is 11.4. The molecule has 204 valence electrons. The van der Waals surface area contributed by atoms with E-state index < -0.39 is 53.3 Å². The maximum Gasteiger partial charge on any atom is 0.322 e. The zero-order chi connectivity index (χ0) is 28.0. The predicted molar refractivity (Wildman–Crippen MR) is 132 cm³/mol. The molecule has 1 aromatic rings. The number of hydrogen-bond acceptors (Lipinski definition) is 8. The van der Waals surface area contributed by atoms with E-state index in [1.165, 1.54) is 19.2 Å². The number of nitrogens with two attached hydrogens (primary N) is 1. The first-order valence-electron chi connectivity index (χ1n) is 11.4. The first kappa shape index (κ1) is 30.6. The highest BCUT2D eigenvalue weighted by atomic mass is 16.7. The maximum atomic E-state index is 13.1. The molecule has 0 bridgehead atoms. The van der Waals surface area contributed by atoms with Gasteiger partial charge in [-0.1, -0.05) is 19.3 Å². The lowest BCUT2D eigenvalue weighted by Gasteiger charge is -2.24. The summed E-state index contributed by atoms with van der Waals surface area (Å²) in [6, 6.07) is 4.04. The average molecular weight is 524 g/mol. The molecule has 2 atom stereocenters. The molecule has 0 aromatic heterocycles. The zero-order valence-corrected chi connectivity index (χ0v) is 20.9. The van der Waals surface area contributed by atoms with E-state index in [0.29, 0.717) is 5.75 Å². The SMILES string of the molecule is COc1ccc(C(=O)N[C@@H](CCCN=C(N)N[N+](=O)[O-])C(=O)N[C@@H](CC(C)C)C(=O)NCC(=O)O)cc1.